The first-order valence-electron chi connectivity index (χ1n) is 12.0. The molecule has 0 unspecified atom stereocenters. The van der Waals surface area contributed by atoms with E-state index in [1.54, 1.807) is 0 Å². The van der Waals surface area contributed by atoms with Crippen molar-refractivity contribution in [3.63, 3.8) is 0 Å². The molecule has 1 saturated heterocycles. The van der Waals surface area contributed by atoms with Crippen LogP contribution in [0.5, 0.6) is 0 Å². The van der Waals surface area contributed by atoms with Crippen LogP contribution in [0.15, 0.2) is 24.4 Å². The van der Waals surface area contributed by atoms with Gasteiger partial charge in [-0.1, -0.05) is 6.07 Å². The molecule has 5 aliphatic rings. The normalized spacial score (nSPS) is 33.6. The second-order valence-electron chi connectivity index (χ2n) is 10.9. The monoisotopic (exact) mass is 456 g/mol. The molecular weight excluding hydrogens is 424 g/mol. The lowest BCUT2D eigenvalue weighted by atomic mass is 9.49. The van der Waals surface area contributed by atoms with Gasteiger partial charge in [0.15, 0.2) is 9.84 Å². The molecule has 2 aromatic heterocycles. The summed E-state index contributed by atoms with van der Waals surface area (Å²) in [4.78, 5) is 20.0. The molecule has 4 saturated carbocycles. The third kappa shape index (κ3) is 3.85. The van der Waals surface area contributed by atoms with Crippen molar-refractivity contribution in [1.82, 2.24) is 19.6 Å². The molecule has 7 rings (SSSR count). The van der Waals surface area contributed by atoms with Gasteiger partial charge in [-0.15, -0.1) is 0 Å². The Morgan fingerprint density at radius 3 is 2.38 bits per heavy atom. The van der Waals surface area contributed by atoms with Crippen LogP contribution in [0.2, 0.25) is 0 Å². The summed E-state index contributed by atoms with van der Waals surface area (Å²) in [5, 5.41) is 3.28. The van der Waals surface area contributed by atoms with E-state index in [0.29, 0.717) is 30.7 Å². The first kappa shape index (κ1) is 20.7. The van der Waals surface area contributed by atoms with E-state index in [2.05, 4.69) is 10.2 Å². The van der Waals surface area contributed by atoms with Gasteiger partial charge < -0.3 is 5.32 Å². The van der Waals surface area contributed by atoms with Crippen LogP contribution in [0.4, 0.5) is 0 Å². The van der Waals surface area contributed by atoms with Gasteiger partial charge in [0.2, 0.25) is 0 Å². The zero-order valence-electron chi connectivity index (χ0n) is 18.5. The highest BCUT2D eigenvalue weighted by molar-refractivity contribution is 7.91. The summed E-state index contributed by atoms with van der Waals surface area (Å²) >= 11 is 0. The van der Waals surface area contributed by atoms with Gasteiger partial charge >= 0.3 is 0 Å². The highest BCUT2D eigenvalue weighted by Crippen LogP contribution is 2.59. The zero-order valence-corrected chi connectivity index (χ0v) is 19.3. The Balaban J connectivity index is 1.15. The number of carbonyl (C=O) groups is 1. The highest BCUT2D eigenvalue weighted by Gasteiger charge is 2.50. The number of fused-ring (bicyclic) bond motifs is 1. The van der Waals surface area contributed by atoms with E-state index in [1.807, 2.05) is 28.8 Å². The van der Waals surface area contributed by atoms with Crippen molar-refractivity contribution < 1.29 is 13.2 Å². The number of nitrogens with one attached hydrogen (secondary N) is 1. The maximum atomic E-state index is 13.2. The van der Waals surface area contributed by atoms with E-state index >= 15 is 0 Å². The van der Waals surface area contributed by atoms with Gasteiger partial charge in [-0.05, 0) is 73.8 Å². The number of pyridine rings is 1. The summed E-state index contributed by atoms with van der Waals surface area (Å²) in [6, 6.07) is 5.67. The van der Waals surface area contributed by atoms with Crippen molar-refractivity contribution in [2.45, 2.75) is 45.1 Å². The summed E-state index contributed by atoms with van der Waals surface area (Å²) < 4.78 is 25.2. The zero-order chi connectivity index (χ0) is 21.9. The van der Waals surface area contributed by atoms with Crippen LogP contribution in [0.1, 0.15) is 54.7 Å². The Kier molecular flexibility index (Phi) is 4.88. The molecule has 0 radical (unpaired) electrons. The number of rotatable bonds is 5. The summed E-state index contributed by atoms with van der Waals surface area (Å²) in [5.74, 6) is 3.02. The van der Waals surface area contributed by atoms with Crippen molar-refractivity contribution in [3.8, 4) is 0 Å². The third-order valence-electron chi connectivity index (χ3n) is 8.39. The number of hydrogen-bond donors (Lipinski definition) is 1. The van der Waals surface area contributed by atoms with Crippen molar-refractivity contribution in [1.29, 1.82) is 0 Å². The first-order chi connectivity index (χ1) is 15.4. The van der Waals surface area contributed by atoms with E-state index in [1.165, 1.54) is 38.5 Å². The number of carbonyl (C=O) groups excluding carboxylic acids is 1. The molecule has 32 heavy (non-hydrogen) atoms. The molecule has 0 atom stereocenters. The smallest absolute Gasteiger partial charge is 0.268 e. The van der Waals surface area contributed by atoms with E-state index in [9.17, 15) is 13.2 Å². The van der Waals surface area contributed by atoms with Crippen LogP contribution in [0.3, 0.4) is 0 Å². The predicted octanol–water partition coefficient (Wildman–Crippen LogP) is 2.51. The van der Waals surface area contributed by atoms with Crippen LogP contribution in [-0.4, -0.2) is 59.7 Å². The number of nitrogens with zero attached hydrogens (tertiary/aromatic N) is 3. The lowest BCUT2D eigenvalue weighted by Crippen LogP contribution is -2.51. The quantitative estimate of drug-likeness (QED) is 0.747. The molecule has 8 heteroatoms. The second kappa shape index (κ2) is 7.55. The maximum Gasteiger partial charge on any atom is 0.268 e. The molecule has 4 bridgehead atoms. The fourth-order valence-corrected chi connectivity index (χ4v) is 8.60. The average molecular weight is 457 g/mol. The molecule has 1 N–H and O–H groups in total. The lowest BCUT2D eigenvalue weighted by Gasteiger charge is -2.56. The SMILES string of the molecule is O=C(NCC12CC3CC(CC(C3)C1)C2)c1cccc2nc(CN3CCS(=O)(=O)CC3)cn12. The fraction of sp³-hybridized carbons (Fsp3) is 0.667. The Labute approximate surface area is 189 Å². The maximum absolute atomic E-state index is 13.2. The molecule has 1 aliphatic heterocycles. The van der Waals surface area contributed by atoms with Gasteiger partial charge in [-0.25, -0.2) is 13.4 Å². The minimum atomic E-state index is -2.89. The molecule has 172 valence electrons. The van der Waals surface area contributed by atoms with Gasteiger partial charge in [-0.3, -0.25) is 14.1 Å². The van der Waals surface area contributed by atoms with Crippen LogP contribution in [0.25, 0.3) is 5.65 Å². The van der Waals surface area contributed by atoms with E-state index in [-0.39, 0.29) is 17.4 Å². The third-order valence-corrected chi connectivity index (χ3v) is 10.00. The summed E-state index contributed by atoms with van der Waals surface area (Å²) in [5.41, 5.74) is 2.55. The van der Waals surface area contributed by atoms with Crippen LogP contribution in [0, 0.1) is 23.2 Å². The average Bonchev–Trinajstić information content (AvgIpc) is 3.15. The van der Waals surface area contributed by atoms with E-state index in [0.717, 1.165) is 35.6 Å². The Bertz CT molecular complexity index is 1110. The van der Waals surface area contributed by atoms with Crippen LogP contribution < -0.4 is 5.32 Å². The van der Waals surface area contributed by atoms with Gasteiger partial charge in [0.1, 0.15) is 11.3 Å². The number of sulfone groups is 1. The number of aromatic nitrogens is 2. The largest absolute Gasteiger partial charge is 0.350 e. The van der Waals surface area contributed by atoms with E-state index < -0.39 is 9.84 Å². The van der Waals surface area contributed by atoms with E-state index in [4.69, 9.17) is 4.98 Å². The Morgan fingerprint density at radius 1 is 1.06 bits per heavy atom. The van der Waals surface area contributed by atoms with Gasteiger partial charge in [0.05, 0.1) is 17.2 Å². The van der Waals surface area contributed by atoms with Crippen molar-refractivity contribution >= 4 is 21.4 Å². The predicted molar refractivity (Wildman–Crippen MR) is 122 cm³/mol. The summed E-state index contributed by atoms with van der Waals surface area (Å²) in [6.07, 6.45) is 10.0. The topological polar surface area (TPSA) is 83.8 Å². The number of amides is 1. The summed E-state index contributed by atoms with van der Waals surface area (Å²) in [7, 11) is -2.89. The molecule has 4 aliphatic carbocycles. The molecule has 7 nitrogen and oxygen atoms in total. The molecule has 5 fully saturated rings. The van der Waals surface area contributed by atoms with Crippen molar-refractivity contribution in [2.24, 2.45) is 23.2 Å². The van der Waals surface area contributed by atoms with Gasteiger partial charge in [0, 0.05) is 32.4 Å². The second-order valence-corrected chi connectivity index (χ2v) is 13.2. The molecule has 3 heterocycles. The highest BCUT2D eigenvalue weighted by atomic mass is 32.2. The number of imidazole rings is 1. The standard InChI is InChI=1S/C24H32N4O3S/c29-23(25-16-24-11-17-8-18(12-24)10-19(9-17)13-24)21-2-1-3-22-26-20(15-28(21)22)14-27-4-6-32(30,31)7-5-27/h1-3,15,17-19H,4-14,16H2,(H,25,29). The summed E-state index contributed by atoms with van der Waals surface area (Å²) in [6.45, 7) is 2.46. The van der Waals surface area contributed by atoms with Gasteiger partial charge in [0.25, 0.3) is 5.91 Å². The minimum Gasteiger partial charge on any atom is -0.350 e. The van der Waals surface area contributed by atoms with Gasteiger partial charge in [-0.2, -0.15) is 0 Å². The van der Waals surface area contributed by atoms with Crippen LogP contribution in [-0.2, 0) is 16.4 Å². The lowest BCUT2D eigenvalue weighted by molar-refractivity contribution is -0.0503. The first-order valence-corrected chi connectivity index (χ1v) is 13.9. The Hall–Kier alpha value is -1.93. The molecular formula is C24H32N4O3S. The van der Waals surface area contributed by atoms with Crippen molar-refractivity contribution in [3.05, 3.63) is 35.8 Å². The molecule has 0 spiro atoms. The van der Waals surface area contributed by atoms with Crippen molar-refractivity contribution in [2.75, 3.05) is 31.1 Å². The van der Waals surface area contributed by atoms with Crippen LogP contribution >= 0.6 is 0 Å². The molecule has 2 aromatic rings. The fourth-order valence-electron chi connectivity index (χ4n) is 7.32. The number of hydrogen-bond acceptors (Lipinski definition) is 5. The minimum absolute atomic E-state index is 0.0284. The molecule has 1 amide bonds. The Morgan fingerprint density at radius 2 is 1.72 bits per heavy atom. The molecule has 0 aromatic carbocycles.